The Balaban J connectivity index is 0.000000286. The quantitative estimate of drug-likeness (QED) is 0.0526. The van der Waals surface area contributed by atoms with E-state index in [0.717, 1.165) is 193 Å². The molecular formula is C96H149BNaO15. The third-order valence-electron chi connectivity index (χ3n) is 33.4. The van der Waals surface area contributed by atoms with Crippen LogP contribution in [0.2, 0.25) is 0 Å². The Kier molecular flexibility index (Phi) is 30.2. The number of ether oxygens (including phenoxy) is 4. The number of aromatic hydroxyl groups is 2. The number of phenols is 2. The van der Waals surface area contributed by atoms with Gasteiger partial charge in [0.15, 0.2) is 34.6 Å². The first kappa shape index (κ1) is 97.0. The maximum Gasteiger partial charge on any atom is 1.00 e. The minimum atomic E-state index is -0.660. The SMILES string of the molecule is CC1=C(O)C(=O)C=C2C1=CCC1[C@@H](C)CC[C@@]3(C)CC[C@@](C)(C(=O)O)C[C@H]3[C@H](C)CC[C@@]21C.CC[C@@]1(C)[C@@H]2C[C@](C)(C(=O)O)CC[C@]2(C)CC[C@]1(C)C1=CCc2c(cc(O)c(O)c2C)[C@H]1C.CC[C@]1(C)C2=CC/C=C(\C)C3=C(/C=C/[C@]2(C)CC[C@@]1(C)[C@@H]1C[C@](C)(C(=O)O)CC[C@H]1C)OC(C)(C)O3.CO.COC(C)(C)OC.[B].[H-].[Na+]. The van der Waals surface area contributed by atoms with Gasteiger partial charge in [-0.05, 0) is 328 Å². The summed E-state index contributed by atoms with van der Waals surface area (Å²) in [5.41, 5.74) is 8.10. The summed E-state index contributed by atoms with van der Waals surface area (Å²) in [6.07, 6.45) is 36.4. The predicted molar refractivity (Wildman–Crippen MR) is 450 cm³/mol. The first-order valence-corrected chi connectivity index (χ1v) is 42.4. The van der Waals surface area contributed by atoms with E-state index < -0.39 is 45.7 Å². The minimum absolute atomic E-state index is 0. The van der Waals surface area contributed by atoms with E-state index in [-0.39, 0.29) is 112 Å². The van der Waals surface area contributed by atoms with Gasteiger partial charge in [0.1, 0.15) is 0 Å². The number of hydrogen-bond acceptors (Lipinski definition) is 12. The summed E-state index contributed by atoms with van der Waals surface area (Å²) in [6.45, 7) is 52.6. The second kappa shape index (κ2) is 35.2. The Labute approximate surface area is 707 Å². The fraction of sp³-hybridized carbons (Fsp3) is 0.729. The summed E-state index contributed by atoms with van der Waals surface area (Å²) < 4.78 is 22.1. The van der Waals surface area contributed by atoms with E-state index in [0.29, 0.717) is 47.0 Å². The number of carboxylic acid groups (broad SMARTS) is 3. The number of fused-ring (bicyclic) bond motifs is 7. The fourth-order valence-electron chi connectivity index (χ4n) is 24.1. The Morgan fingerprint density at radius 1 is 0.628 bits per heavy atom. The van der Waals surface area contributed by atoms with E-state index in [9.17, 15) is 49.8 Å². The summed E-state index contributed by atoms with van der Waals surface area (Å²) >= 11 is 0. The third-order valence-corrected chi connectivity index (χ3v) is 33.4. The van der Waals surface area contributed by atoms with Crippen molar-refractivity contribution in [3.05, 3.63) is 116 Å². The van der Waals surface area contributed by atoms with Crippen LogP contribution in [0.5, 0.6) is 11.5 Å². The molecular weight excluding hydrogens is 1430 g/mol. The number of methoxy groups -OCH3 is 2. The van der Waals surface area contributed by atoms with Crippen LogP contribution in [0.15, 0.2) is 99.3 Å². The molecule has 1 aromatic rings. The van der Waals surface area contributed by atoms with Crippen molar-refractivity contribution in [3.63, 3.8) is 0 Å². The number of hydrogen-bond donors (Lipinski definition) is 7. The van der Waals surface area contributed by atoms with E-state index in [1.54, 1.807) is 26.4 Å². The number of benzene rings is 1. The van der Waals surface area contributed by atoms with Crippen molar-refractivity contribution in [1.29, 1.82) is 0 Å². The zero-order chi connectivity index (χ0) is 83.6. The molecule has 1 heterocycles. The van der Waals surface area contributed by atoms with Crippen LogP contribution in [0.3, 0.4) is 0 Å². The van der Waals surface area contributed by atoms with Crippen LogP contribution in [0.1, 0.15) is 318 Å². The molecule has 19 atom stereocenters. The molecule has 1 aromatic carbocycles. The Morgan fingerprint density at radius 2 is 1.16 bits per heavy atom. The van der Waals surface area contributed by atoms with Gasteiger partial charge in [-0.3, -0.25) is 19.2 Å². The van der Waals surface area contributed by atoms with Crippen LogP contribution < -0.4 is 29.6 Å². The van der Waals surface area contributed by atoms with Crippen LogP contribution in [-0.2, 0) is 44.5 Å². The molecule has 1 unspecified atom stereocenters. The topological polar surface area (TPSA) is 247 Å². The summed E-state index contributed by atoms with van der Waals surface area (Å²) in [6, 6.07) is 1.76. The van der Waals surface area contributed by atoms with Gasteiger partial charge in [-0.25, -0.2) is 0 Å². The largest absolute Gasteiger partial charge is 1.00 e. The maximum absolute atomic E-state index is 12.6. The van der Waals surface area contributed by atoms with Gasteiger partial charge >= 0.3 is 47.5 Å². The van der Waals surface area contributed by atoms with Crippen molar-refractivity contribution < 1.29 is 105 Å². The number of carbonyl (C=O) groups excluding carboxylic acids is 1. The molecule has 6 saturated carbocycles. The molecule has 0 spiro atoms. The number of phenolic OH excluding ortho intramolecular Hbond substituents is 2. The van der Waals surface area contributed by atoms with Gasteiger partial charge in [0.2, 0.25) is 11.6 Å². The van der Waals surface area contributed by atoms with Gasteiger partial charge in [0.25, 0.3) is 0 Å². The molecule has 7 N–H and O–H groups in total. The summed E-state index contributed by atoms with van der Waals surface area (Å²) in [4.78, 5) is 49.2. The van der Waals surface area contributed by atoms with Crippen LogP contribution in [0.25, 0.3) is 0 Å². The standard InChI is InChI=1S/C32H48O4.2C29H42O4.C5H12O2.CH4O.B.Na.H/c1-10-31(8)25-13-11-12-22(3)26-24(35-28(4,5)36-26)15-17-29(25,6)18-19-32(31,9)23-20-30(7,27(33)34)16-14-21(23)2;1-17-9-11-27(4)13-14-28(5,26(32)33)16-23(27)18(2)10-12-29(6)21(17)8-7-20-19(3)25(31)24(30)15-22(20)29;1-8-28(6)23-16-27(5,25(32)33)12-11-26(23,4)13-14-29(28,7)21-10-9-19-18(3)24(31)22(30)15-20(19)17(21)2;1-5(2,6-3)7-4;1-2;;;/h12-13,15,17,21,23H,10-11,14,16,18-20H2,1-9H3,(H,33,34);7,15,17-18,21,23,31H,8-14,16H2,1-6H3,(H,32,33);10,15,17,23,30-31H,8-9,11-14,16H2,1-7H3,(H,32,33);1-4H3;2H,1H3;;;/q;;;;;;+1;-1/b17-15+,22-12+,25-13?;;;;;;;/t21-,23-,29-,30-,31-,32+;17-,18+,21?,23-,27-,28+,29+;17-,23-,26-,27-,28+,29-;;;;;/m101...../s1. The van der Waals surface area contributed by atoms with Crippen LogP contribution in [0, 0.1) is 108 Å². The van der Waals surface area contributed by atoms with Gasteiger partial charge in [-0.2, -0.15) is 0 Å². The van der Waals surface area contributed by atoms with Gasteiger partial charge in [0, 0.05) is 60.5 Å². The van der Waals surface area contributed by atoms with Crippen molar-refractivity contribution in [1.82, 2.24) is 0 Å². The smallest absolute Gasteiger partial charge is 1.00 e. The average molecular weight is 1580 g/mol. The summed E-state index contributed by atoms with van der Waals surface area (Å²) in [5.74, 6) is 1.43. The van der Waals surface area contributed by atoms with Crippen molar-refractivity contribution in [2.24, 2.45) is 101 Å². The first-order valence-electron chi connectivity index (χ1n) is 42.4. The first-order chi connectivity index (χ1) is 51.3. The van der Waals surface area contributed by atoms with Gasteiger partial charge in [-0.15, -0.1) is 0 Å². The fourth-order valence-corrected chi connectivity index (χ4v) is 24.1. The number of rotatable bonds is 9. The summed E-state index contributed by atoms with van der Waals surface area (Å²) in [7, 11) is 4.23. The second-order valence-corrected chi connectivity index (χ2v) is 40.4. The third kappa shape index (κ3) is 17.8. The molecule has 0 aromatic heterocycles. The molecule has 17 heteroatoms. The number of aliphatic carboxylic acids is 3. The normalized spacial score (nSPS) is 39.8. The van der Waals surface area contributed by atoms with Crippen LogP contribution >= 0.6 is 0 Å². The van der Waals surface area contributed by atoms with Crippen molar-refractivity contribution in [2.45, 2.75) is 325 Å². The summed E-state index contributed by atoms with van der Waals surface area (Å²) in [5, 5.41) is 68.0. The average Bonchev–Trinajstić information content (AvgIpc) is 0.739. The number of carboxylic acids is 3. The number of allylic oxidation sites excluding steroid dienone is 13. The number of carbonyl (C=O) groups is 4. The second-order valence-electron chi connectivity index (χ2n) is 40.4. The zero-order valence-electron chi connectivity index (χ0n) is 76.3. The molecule has 113 heavy (non-hydrogen) atoms. The molecule has 11 aliphatic rings. The Hall–Kier alpha value is -4.84. The molecule has 0 bridgehead atoms. The van der Waals surface area contributed by atoms with Crippen LogP contribution in [0.4, 0.5) is 0 Å². The Morgan fingerprint density at radius 3 is 1.73 bits per heavy atom. The monoisotopic (exact) mass is 1580 g/mol. The zero-order valence-corrected chi connectivity index (χ0v) is 77.3. The van der Waals surface area contributed by atoms with E-state index >= 15 is 0 Å². The maximum atomic E-state index is 12.6. The molecule has 0 amide bonds. The molecule has 6 fully saturated rings. The van der Waals surface area contributed by atoms with Crippen LogP contribution in [-0.4, -0.2) is 101 Å². The number of aliphatic hydroxyl groups is 2. The van der Waals surface area contributed by atoms with E-state index in [1.807, 2.05) is 62.3 Å². The minimum Gasteiger partial charge on any atom is -1.00 e. The molecule has 0 saturated heterocycles. The van der Waals surface area contributed by atoms with Gasteiger partial charge < -0.3 is 56.1 Å². The molecule has 627 valence electrons. The Bertz CT molecular complexity index is 3960. The number of aliphatic hydroxyl groups excluding tert-OH is 2. The van der Waals surface area contributed by atoms with E-state index in [2.05, 4.69) is 140 Å². The number of ketones is 1. The van der Waals surface area contributed by atoms with Gasteiger partial charge in [0.05, 0.1) is 16.2 Å². The molecule has 15 nitrogen and oxygen atoms in total. The van der Waals surface area contributed by atoms with Crippen molar-refractivity contribution >= 4 is 32.1 Å². The molecule has 1 aliphatic heterocycles. The molecule has 10 aliphatic carbocycles. The van der Waals surface area contributed by atoms with Crippen molar-refractivity contribution in [3.8, 4) is 11.5 Å². The van der Waals surface area contributed by atoms with E-state index in [1.165, 1.54) is 11.1 Å². The predicted octanol–water partition coefficient (Wildman–Crippen LogP) is 20.1. The van der Waals surface area contributed by atoms with E-state index in [4.69, 9.17) is 24.1 Å². The van der Waals surface area contributed by atoms with Crippen molar-refractivity contribution in [2.75, 3.05) is 21.3 Å². The molecule has 12 rings (SSSR count). The van der Waals surface area contributed by atoms with Gasteiger partial charge in [-0.1, -0.05) is 138 Å². The molecule has 3 radical (unpaired) electrons.